The zero-order chi connectivity index (χ0) is 20.5. The predicted octanol–water partition coefficient (Wildman–Crippen LogP) is 0.467. The lowest BCUT2D eigenvalue weighted by Crippen LogP contribution is -2.35. The highest BCUT2D eigenvalue weighted by Crippen LogP contribution is 2.22. The second-order valence-corrected chi connectivity index (χ2v) is 6.13. The van der Waals surface area contributed by atoms with Gasteiger partial charge in [0.15, 0.2) is 0 Å². The van der Waals surface area contributed by atoms with Gasteiger partial charge in [0.1, 0.15) is 12.8 Å². The van der Waals surface area contributed by atoms with Crippen molar-refractivity contribution in [2.24, 2.45) is 11.5 Å². The molecule has 0 bridgehead atoms. The molecule has 1 aromatic rings. The first kappa shape index (κ1) is 21.7. The SMILES string of the molecule is NCC(F)COCCC(COC(N)=O)OCCN1C(=O)c2ccccc2C1=O. The lowest BCUT2D eigenvalue weighted by Gasteiger charge is -2.20. The number of carbonyl (C=O) groups excluding carboxylic acids is 3. The van der Waals surface area contributed by atoms with Crippen LogP contribution in [0.25, 0.3) is 0 Å². The number of hydrogen-bond acceptors (Lipinski definition) is 7. The van der Waals surface area contributed by atoms with Crippen molar-refractivity contribution >= 4 is 17.9 Å². The van der Waals surface area contributed by atoms with Crippen LogP contribution in [-0.2, 0) is 14.2 Å². The van der Waals surface area contributed by atoms with Gasteiger partial charge in [0.25, 0.3) is 11.8 Å². The van der Waals surface area contributed by atoms with Gasteiger partial charge in [0.05, 0.1) is 37.0 Å². The summed E-state index contributed by atoms with van der Waals surface area (Å²) in [5, 5.41) is 0. The molecule has 1 aliphatic heterocycles. The third-order valence-electron chi connectivity index (χ3n) is 4.10. The number of fused-ring (bicyclic) bond motifs is 1. The summed E-state index contributed by atoms with van der Waals surface area (Å²) < 4.78 is 28.5. The van der Waals surface area contributed by atoms with Gasteiger partial charge in [0, 0.05) is 19.6 Å². The molecule has 2 unspecified atom stereocenters. The van der Waals surface area contributed by atoms with Crippen LogP contribution in [0.4, 0.5) is 9.18 Å². The Kier molecular flexibility index (Phi) is 8.30. The average Bonchev–Trinajstić information content (AvgIpc) is 2.93. The van der Waals surface area contributed by atoms with E-state index in [1.54, 1.807) is 24.3 Å². The Balaban J connectivity index is 1.81. The van der Waals surface area contributed by atoms with Crippen LogP contribution in [0.15, 0.2) is 24.3 Å². The van der Waals surface area contributed by atoms with Crippen LogP contribution in [0.5, 0.6) is 0 Å². The fourth-order valence-electron chi connectivity index (χ4n) is 2.64. The molecule has 0 fully saturated rings. The Labute approximate surface area is 161 Å². The minimum atomic E-state index is -1.25. The Morgan fingerprint density at radius 2 is 1.75 bits per heavy atom. The highest BCUT2D eigenvalue weighted by Gasteiger charge is 2.34. The molecule has 0 saturated carbocycles. The number of hydrogen-bond donors (Lipinski definition) is 2. The van der Waals surface area contributed by atoms with Crippen LogP contribution < -0.4 is 11.5 Å². The number of imide groups is 1. The number of nitrogens with zero attached hydrogens (tertiary/aromatic N) is 1. The van der Waals surface area contributed by atoms with Gasteiger partial charge in [-0.3, -0.25) is 14.5 Å². The molecule has 0 saturated heterocycles. The van der Waals surface area contributed by atoms with Crippen LogP contribution >= 0.6 is 0 Å². The zero-order valence-electron chi connectivity index (χ0n) is 15.3. The maximum absolute atomic E-state index is 13.0. The van der Waals surface area contributed by atoms with Crippen LogP contribution in [0.3, 0.4) is 0 Å². The molecule has 4 N–H and O–H groups in total. The first-order chi connectivity index (χ1) is 13.4. The number of nitrogens with two attached hydrogens (primary N) is 2. The first-order valence-electron chi connectivity index (χ1n) is 8.85. The van der Waals surface area contributed by atoms with Gasteiger partial charge in [-0.15, -0.1) is 0 Å². The van der Waals surface area contributed by atoms with Crippen LogP contribution in [-0.4, -0.2) is 74.6 Å². The van der Waals surface area contributed by atoms with Crippen molar-refractivity contribution in [3.05, 3.63) is 35.4 Å². The summed E-state index contributed by atoms with van der Waals surface area (Å²) in [6.45, 7) is -0.177. The molecule has 3 amide bonds. The Morgan fingerprint density at radius 3 is 2.32 bits per heavy atom. The van der Waals surface area contributed by atoms with E-state index >= 15 is 0 Å². The molecule has 1 aliphatic rings. The Morgan fingerprint density at radius 1 is 1.11 bits per heavy atom. The Bertz CT molecular complexity index is 667. The largest absolute Gasteiger partial charge is 0.447 e. The van der Waals surface area contributed by atoms with Crippen molar-refractivity contribution in [1.82, 2.24) is 4.90 Å². The standard InChI is InChI=1S/C18H24FN3O6/c19-12(9-20)10-26-7-5-13(11-28-18(21)25)27-8-6-22-16(23)14-3-1-2-4-15(14)17(22)24/h1-4,12-13H,5-11,20H2,(H2,21,25). The predicted molar refractivity (Wildman–Crippen MR) is 96.5 cm³/mol. The van der Waals surface area contributed by atoms with Gasteiger partial charge in [-0.2, -0.15) is 0 Å². The maximum atomic E-state index is 13.0. The smallest absolute Gasteiger partial charge is 0.404 e. The van der Waals surface area contributed by atoms with E-state index < -0.39 is 18.4 Å². The van der Waals surface area contributed by atoms with Gasteiger partial charge in [-0.1, -0.05) is 12.1 Å². The number of halogens is 1. The number of benzene rings is 1. The van der Waals surface area contributed by atoms with Crippen LogP contribution in [0.1, 0.15) is 27.1 Å². The molecule has 0 spiro atoms. The lowest BCUT2D eigenvalue weighted by molar-refractivity contribution is -0.0216. The summed E-state index contributed by atoms with van der Waals surface area (Å²) in [4.78, 5) is 36.5. The quantitative estimate of drug-likeness (QED) is 0.387. The van der Waals surface area contributed by atoms with E-state index in [2.05, 4.69) is 0 Å². The molecule has 9 nitrogen and oxygen atoms in total. The fourth-order valence-corrected chi connectivity index (χ4v) is 2.64. The highest BCUT2D eigenvalue weighted by molar-refractivity contribution is 6.21. The molecular weight excluding hydrogens is 373 g/mol. The molecule has 1 aromatic carbocycles. The number of carbonyl (C=O) groups is 3. The Hall–Kier alpha value is -2.56. The van der Waals surface area contributed by atoms with E-state index in [1.165, 1.54) is 0 Å². The van der Waals surface area contributed by atoms with E-state index in [1.807, 2.05) is 0 Å². The maximum Gasteiger partial charge on any atom is 0.404 e. The minimum Gasteiger partial charge on any atom is -0.447 e. The van der Waals surface area contributed by atoms with Crippen molar-refractivity contribution < 1.29 is 33.0 Å². The average molecular weight is 397 g/mol. The lowest BCUT2D eigenvalue weighted by atomic mass is 10.1. The second kappa shape index (κ2) is 10.7. The molecular formula is C18H24FN3O6. The second-order valence-electron chi connectivity index (χ2n) is 6.13. The van der Waals surface area contributed by atoms with E-state index in [0.29, 0.717) is 17.5 Å². The number of rotatable bonds is 12. The number of alkyl halides is 1. The molecule has 10 heteroatoms. The molecule has 2 atom stereocenters. The van der Waals surface area contributed by atoms with E-state index in [-0.39, 0.29) is 51.3 Å². The molecule has 0 radical (unpaired) electrons. The van der Waals surface area contributed by atoms with Crippen molar-refractivity contribution in [2.45, 2.75) is 18.7 Å². The zero-order valence-corrected chi connectivity index (χ0v) is 15.3. The number of ether oxygens (including phenoxy) is 3. The summed E-state index contributed by atoms with van der Waals surface area (Å²) in [6.07, 6.45) is -2.50. The normalized spacial score (nSPS) is 15.4. The van der Waals surface area contributed by atoms with E-state index in [0.717, 1.165) is 4.90 Å². The summed E-state index contributed by atoms with van der Waals surface area (Å²) in [7, 11) is 0. The van der Waals surface area contributed by atoms with Crippen LogP contribution in [0.2, 0.25) is 0 Å². The molecule has 2 rings (SSSR count). The van der Waals surface area contributed by atoms with Gasteiger partial charge < -0.3 is 25.7 Å². The molecule has 28 heavy (non-hydrogen) atoms. The van der Waals surface area contributed by atoms with Crippen molar-refractivity contribution in [1.29, 1.82) is 0 Å². The van der Waals surface area contributed by atoms with E-state index in [4.69, 9.17) is 25.7 Å². The van der Waals surface area contributed by atoms with Gasteiger partial charge in [0.2, 0.25) is 0 Å². The topological polar surface area (TPSA) is 134 Å². The molecule has 154 valence electrons. The fraction of sp³-hybridized carbons (Fsp3) is 0.500. The minimum absolute atomic E-state index is 0.0345. The van der Waals surface area contributed by atoms with Gasteiger partial charge in [-0.05, 0) is 12.1 Å². The molecule has 0 aromatic heterocycles. The summed E-state index contributed by atoms with van der Waals surface area (Å²) in [5.41, 5.74) is 10.8. The molecule has 1 heterocycles. The summed E-state index contributed by atoms with van der Waals surface area (Å²) in [5.74, 6) is -0.763. The van der Waals surface area contributed by atoms with E-state index in [9.17, 15) is 18.8 Å². The first-order valence-corrected chi connectivity index (χ1v) is 8.85. The molecule has 0 aliphatic carbocycles. The van der Waals surface area contributed by atoms with Gasteiger partial charge in [-0.25, -0.2) is 9.18 Å². The van der Waals surface area contributed by atoms with Crippen molar-refractivity contribution in [3.63, 3.8) is 0 Å². The number of primary amides is 1. The van der Waals surface area contributed by atoms with Crippen LogP contribution in [0, 0.1) is 0 Å². The summed E-state index contributed by atoms with van der Waals surface area (Å²) in [6, 6.07) is 6.56. The summed E-state index contributed by atoms with van der Waals surface area (Å²) >= 11 is 0. The van der Waals surface area contributed by atoms with Crippen molar-refractivity contribution in [2.75, 3.05) is 39.5 Å². The monoisotopic (exact) mass is 397 g/mol. The van der Waals surface area contributed by atoms with Gasteiger partial charge >= 0.3 is 6.09 Å². The third-order valence-corrected chi connectivity index (χ3v) is 4.10. The number of amides is 3. The third kappa shape index (κ3) is 5.98. The van der Waals surface area contributed by atoms with Crippen molar-refractivity contribution in [3.8, 4) is 0 Å². The highest BCUT2D eigenvalue weighted by atomic mass is 19.1.